The number of piperazine rings is 1. The van der Waals surface area contributed by atoms with Crippen molar-refractivity contribution in [3.63, 3.8) is 0 Å². The fourth-order valence-electron chi connectivity index (χ4n) is 4.07. The zero-order valence-electron chi connectivity index (χ0n) is 17.5. The van der Waals surface area contributed by atoms with Crippen LogP contribution in [-0.2, 0) is 6.54 Å². The molecule has 3 heterocycles. The van der Waals surface area contributed by atoms with Gasteiger partial charge in [-0.05, 0) is 18.1 Å². The van der Waals surface area contributed by atoms with Gasteiger partial charge in [0.25, 0.3) is 5.91 Å². The van der Waals surface area contributed by atoms with Crippen LogP contribution in [0, 0.1) is 6.92 Å². The Morgan fingerprint density at radius 1 is 0.903 bits per heavy atom. The van der Waals surface area contributed by atoms with E-state index in [1.165, 1.54) is 5.56 Å². The monoisotopic (exact) mass is 412 g/mol. The average Bonchev–Trinajstić information content (AvgIpc) is 3.26. The molecule has 0 N–H and O–H groups in total. The minimum atomic E-state index is -0.0805. The van der Waals surface area contributed by atoms with Crippen molar-refractivity contribution in [3.8, 4) is 11.1 Å². The Labute approximate surface area is 180 Å². The number of carbonyl (C=O) groups excluding carboxylic acids is 1. The van der Waals surface area contributed by atoms with Gasteiger partial charge in [0.2, 0.25) is 0 Å². The minimum absolute atomic E-state index is 0.0805. The second kappa shape index (κ2) is 8.28. The third-order valence-electron chi connectivity index (χ3n) is 5.84. The van der Waals surface area contributed by atoms with Crippen molar-refractivity contribution in [3.05, 3.63) is 83.8 Å². The molecule has 1 aliphatic heterocycles. The molecule has 0 unspecified atom stereocenters. The number of hydrogen-bond acceptors (Lipinski definition) is 5. The first-order valence-electron chi connectivity index (χ1n) is 10.5. The molecule has 0 aliphatic carbocycles. The summed E-state index contributed by atoms with van der Waals surface area (Å²) >= 11 is 0. The van der Waals surface area contributed by atoms with E-state index in [9.17, 15) is 4.79 Å². The lowest BCUT2D eigenvalue weighted by Crippen LogP contribution is -2.48. The standard InChI is InChI=1S/C24H24N6O/c1-18-22(26-27-23-21(16-25-30(18)23)20-10-6-3-7-11-20)24(31)29-14-12-28(13-15-29)17-19-8-4-2-5-9-19/h2-11,16H,12-15,17H2,1H3. The predicted molar refractivity (Wildman–Crippen MR) is 119 cm³/mol. The van der Waals surface area contributed by atoms with Gasteiger partial charge in [-0.25, -0.2) is 4.52 Å². The molecule has 31 heavy (non-hydrogen) atoms. The van der Waals surface area contributed by atoms with Crippen molar-refractivity contribution >= 4 is 11.6 Å². The van der Waals surface area contributed by atoms with E-state index < -0.39 is 0 Å². The van der Waals surface area contributed by atoms with E-state index in [0.29, 0.717) is 30.1 Å². The number of nitrogens with zero attached hydrogens (tertiary/aromatic N) is 6. The molecule has 0 saturated carbocycles. The van der Waals surface area contributed by atoms with Gasteiger partial charge in [0, 0.05) is 38.3 Å². The van der Waals surface area contributed by atoms with Crippen LogP contribution in [0.15, 0.2) is 66.9 Å². The molecule has 2 aromatic carbocycles. The van der Waals surface area contributed by atoms with Gasteiger partial charge in [-0.1, -0.05) is 60.7 Å². The summed E-state index contributed by atoms with van der Waals surface area (Å²) in [6.45, 7) is 5.83. The summed E-state index contributed by atoms with van der Waals surface area (Å²) in [5, 5.41) is 13.1. The molecule has 7 nitrogen and oxygen atoms in total. The zero-order valence-corrected chi connectivity index (χ0v) is 17.5. The highest BCUT2D eigenvalue weighted by Crippen LogP contribution is 2.24. The van der Waals surface area contributed by atoms with Gasteiger partial charge < -0.3 is 4.90 Å². The lowest BCUT2D eigenvalue weighted by Gasteiger charge is -2.34. The van der Waals surface area contributed by atoms with Gasteiger partial charge in [0.1, 0.15) is 0 Å². The van der Waals surface area contributed by atoms with Crippen molar-refractivity contribution in [1.29, 1.82) is 0 Å². The summed E-state index contributed by atoms with van der Waals surface area (Å²) < 4.78 is 1.72. The second-order valence-electron chi connectivity index (χ2n) is 7.85. The molecule has 1 aliphatic rings. The van der Waals surface area contributed by atoms with Crippen LogP contribution in [0.3, 0.4) is 0 Å². The summed E-state index contributed by atoms with van der Waals surface area (Å²) in [4.78, 5) is 17.4. The highest BCUT2D eigenvalue weighted by molar-refractivity contribution is 5.93. The number of fused-ring (bicyclic) bond motifs is 1. The number of carbonyl (C=O) groups is 1. The first-order chi connectivity index (χ1) is 15.2. The van der Waals surface area contributed by atoms with Crippen molar-refractivity contribution in [2.75, 3.05) is 26.2 Å². The van der Waals surface area contributed by atoms with Crippen LogP contribution in [0.5, 0.6) is 0 Å². The Bertz CT molecular complexity index is 1200. The Hall–Kier alpha value is -3.58. The third-order valence-corrected chi connectivity index (χ3v) is 5.84. The lowest BCUT2D eigenvalue weighted by atomic mass is 10.1. The van der Waals surface area contributed by atoms with Crippen LogP contribution in [-0.4, -0.2) is 61.7 Å². The highest BCUT2D eigenvalue weighted by atomic mass is 16.2. The second-order valence-corrected chi connectivity index (χ2v) is 7.85. The summed E-state index contributed by atoms with van der Waals surface area (Å²) in [5.74, 6) is -0.0805. The molecule has 1 fully saturated rings. The van der Waals surface area contributed by atoms with E-state index in [1.807, 2.05) is 48.2 Å². The Morgan fingerprint density at radius 3 is 2.29 bits per heavy atom. The molecule has 4 aromatic rings. The number of amides is 1. The van der Waals surface area contributed by atoms with E-state index in [2.05, 4.69) is 44.5 Å². The lowest BCUT2D eigenvalue weighted by molar-refractivity contribution is 0.0620. The van der Waals surface area contributed by atoms with Crippen LogP contribution in [0.4, 0.5) is 0 Å². The van der Waals surface area contributed by atoms with Crippen LogP contribution < -0.4 is 0 Å². The van der Waals surface area contributed by atoms with Crippen molar-refractivity contribution in [2.24, 2.45) is 0 Å². The van der Waals surface area contributed by atoms with Gasteiger partial charge in [0.15, 0.2) is 11.3 Å². The topological polar surface area (TPSA) is 66.6 Å². The van der Waals surface area contributed by atoms with E-state index in [-0.39, 0.29) is 5.91 Å². The Morgan fingerprint density at radius 2 is 1.58 bits per heavy atom. The summed E-state index contributed by atoms with van der Waals surface area (Å²) in [5.41, 5.74) is 4.97. The summed E-state index contributed by atoms with van der Waals surface area (Å²) in [6, 6.07) is 20.4. The quantitative estimate of drug-likeness (QED) is 0.515. The van der Waals surface area contributed by atoms with Crippen LogP contribution in [0.25, 0.3) is 16.8 Å². The number of hydrogen-bond donors (Lipinski definition) is 0. The molecular weight excluding hydrogens is 388 g/mol. The molecule has 1 amide bonds. The van der Waals surface area contributed by atoms with E-state index >= 15 is 0 Å². The zero-order chi connectivity index (χ0) is 21.2. The number of rotatable bonds is 4. The average molecular weight is 412 g/mol. The molecule has 5 rings (SSSR count). The molecule has 1 saturated heterocycles. The van der Waals surface area contributed by atoms with Crippen LogP contribution >= 0.6 is 0 Å². The number of aromatic nitrogens is 4. The highest BCUT2D eigenvalue weighted by Gasteiger charge is 2.26. The van der Waals surface area contributed by atoms with Gasteiger partial charge >= 0.3 is 0 Å². The largest absolute Gasteiger partial charge is 0.335 e. The first kappa shape index (κ1) is 19.4. The normalized spacial score (nSPS) is 14.8. The molecule has 7 heteroatoms. The first-order valence-corrected chi connectivity index (χ1v) is 10.5. The maximum absolute atomic E-state index is 13.2. The maximum Gasteiger partial charge on any atom is 0.276 e. The maximum atomic E-state index is 13.2. The van der Waals surface area contributed by atoms with Gasteiger partial charge in [-0.3, -0.25) is 9.69 Å². The third kappa shape index (κ3) is 3.80. The number of aryl methyl sites for hydroxylation is 1. The Kier molecular flexibility index (Phi) is 5.18. The van der Waals surface area contributed by atoms with Crippen molar-refractivity contribution in [2.45, 2.75) is 13.5 Å². The fourth-order valence-corrected chi connectivity index (χ4v) is 4.07. The molecule has 156 valence electrons. The molecular formula is C24H24N6O. The molecule has 0 spiro atoms. The van der Waals surface area contributed by atoms with Gasteiger partial charge in [0.05, 0.1) is 11.9 Å². The smallest absolute Gasteiger partial charge is 0.276 e. The summed E-state index contributed by atoms with van der Waals surface area (Å²) in [7, 11) is 0. The van der Waals surface area contributed by atoms with Gasteiger partial charge in [-0.2, -0.15) is 5.10 Å². The fraction of sp³-hybridized carbons (Fsp3) is 0.250. The van der Waals surface area contributed by atoms with Crippen molar-refractivity contribution in [1.82, 2.24) is 29.6 Å². The van der Waals surface area contributed by atoms with Crippen LogP contribution in [0.2, 0.25) is 0 Å². The minimum Gasteiger partial charge on any atom is -0.335 e. The van der Waals surface area contributed by atoms with E-state index in [4.69, 9.17) is 0 Å². The van der Waals surface area contributed by atoms with Crippen molar-refractivity contribution < 1.29 is 4.79 Å². The van der Waals surface area contributed by atoms with Gasteiger partial charge in [-0.15, -0.1) is 10.2 Å². The molecule has 0 atom stereocenters. The Balaban J connectivity index is 1.32. The van der Waals surface area contributed by atoms with E-state index in [1.54, 1.807) is 10.7 Å². The predicted octanol–water partition coefficient (Wildman–Crippen LogP) is 3.06. The summed E-state index contributed by atoms with van der Waals surface area (Å²) in [6.07, 6.45) is 1.78. The molecule has 2 aromatic heterocycles. The van der Waals surface area contributed by atoms with Crippen LogP contribution in [0.1, 0.15) is 21.7 Å². The molecule has 0 radical (unpaired) electrons. The van der Waals surface area contributed by atoms with E-state index in [0.717, 1.165) is 30.8 Å². The SMILES string of the molecule is Cc1c(C(=O)N2CCN(Cc3ccccc3)CC2)nnc2c(-c3ccccc3)cnn12. The molecule has 0 bridgehead atoms. The number of benzene rings is 2.